The number of rotatable bonds is 6. The molecular formula is C80H54N4. The van der Waals surface area contributed by atoms with Gasteiger partial charge in [-0.1, -0.05) is 204 Å². The summed E-state index contributed by atoms with van der Waals surface area (Å²) in [6.45, 7) is 9.46. The molecule has 0 spiro atoms. The summed E-state index contributed by atoms with van der Waals surface area (Å²) >= 11 is 0. The second-order valence-electron chi connectivity index (χ2n) is 24.5. The maximum Gasteiger partial charge on any atom is 0.160 e. The zero-order valence-corrected chi connectivity index (χ0v) is 47.0. The van der Waals surface area contributed by atoms with Crippen molar-refractivity contribution >= 4 is 54.4 Å². The highest BCUT2D eigenvalue weighted by Gasteiger charge is 2.37. The smallest absolute Gasteiger partial charge is 0.160 e. The minimum absolute atomic E-state index is 0.118. The van der Waals surface area contributed by atoms with Gasteiger partial charge in [0.05, 0.1) is 33.5 Å². The Hall–Kier alpha value is -10.4. The lowest BCUT2D eigenvalue weighted by Gasteiger charge is -2.22. The van der Waals surface area contributed by atoms with Crippen molar-refractivity contribution < 1.29 is 0 Å². The van der Waals surface area contributed by atoms with Crippen molar-refractivity contribution in [1.29, 1.82) is 0 Å². The van der Waals surface area contributed by atoms with Crippen molar-refractivity contribution in [2.75, 3.05) is 0 Å². The highest BCUT2D eigenvalue weighted by Crippen LogP contribution is 2.53. The number of hydrogen-bond donors (Lipinski definition) is 0. The quantitative estimate of drug-likeness (QED) is 0.166. The van der Waals surface area contributed by atoms with E-state index in [-0.39, 0.29) is 10.8 Å². The molecule has 0 radical (unpaired) electrons. The molecule has 4 heteroatoms. The van der Waals surface area contributed by atoms with Gasteiger partial charge in [0.25, 0.3) is 0 Å². The largest absolute Gasteiger partial charge is 0.309 e. The Labute approximate surface area is 487 Å². The van der Waals surface area contributed by atoms with Crippen molar-refractivity contribution in [2.24, 2.45) is 0 Å². The second-order valence-corrected chi connectivity index (χ2v) is 24.5. The van der Waals surface area contributed by atoms with E-state index in [9.17, 15) is 0 Å². The van der Waals surface area contributed by atoms with Crippen LogP contribution in [0.15, 0.2) is 255 Å². The van der Waals surface area contributed by atoms with E-state index in [1.54, 1.807) is 0 Å². The topological polar surface area (TPSA) is 35.6 Å². The lowest BCUT2D eigenvalue weighted by Crippen LogP contribution is -2.15. The van der Waals surface area contributed by atoms with Crippen LogP contribution in [0.3, 0.4) is 0 Å². The Morgan fingerprint density at radius 3 is 1.31 bits per heavy atom. The third-order valence-corrected chi connectivity index (χ3v) is 19.2. The summed E-state index contributed by atoms with van der Waals surface area (Å²) in [7, 11) is 0. The Morgan fingerprint density at radius 1 is 0.286 bits per heavy atom. The van der Waals surface area contributed by atoms with Crippen LogP contribution in [0.5, 0.6) is 0 Å². The summed E-state index contributed by atoms with van der Waals surface area (Å²) in [4.78, 5) is 11.3. The maximum absolute atomic E-state index is 5.66. The van der Waals surface area contributed by atoms with E-state index >= 15 is 0 Å². The molecule has 0 aliphatic heterocycles. The molecule has 3 aliphatic rings. The second kappa shape index (κ2) is 17.1. The van der Waals surface area contributed by atoms with Gasteiger partial charge < -0.3 is 9.13 Å². The Morgan fingerprint density at radius 2 is 0.738 bits per heavy atom. The summed E-state index contributed by atoms with van der Waals surface area (Å²) in [5, 5.41) is 7.28. The third-order valence-electron chi connectivity index (χ3n) is 19.2. The van der Waals surface area contributed by atoms with Crippen molar-refractivity contribution in [3.63, 3.8) is 0 Å². The molecule has 0 fully saturated rings. The van der Waals surface area contributed by atoms with Crippen LogP contribution in [0, 0.1) is 0 Å². The molecule has 4 nitrogen and oxygen atoms in total. The highest BCUT2D eigenvalue weighted by molar-refractivity contribution is 6.17. The molecule has 84 heavy (non-hydrogen) atoms. The van der Waals surface area contributed by atoms with Gasteiger partial charge in [0.15, 0.2) is 5.82 Å². The van der Waals surface area contributed by atoms with Crippen LogP contribution in [0.25, 0.3) is 155 Å². The van der Waals surface area contributed by atoms with Crippen molar-refractivity contribution in [3.8, 4) is 101 Å². The first-order valence-corrected chi connectivity index (χ1v) is 29.4. The SMILES string of the molecule is CC1(C)c2ccccc2-c2ccc(-n3c4ccccc4c4cc(-c5cc(-c6ccc7c(c6)c6ccccc6n7-c6ccc7c(c6)C(C)(C)c6ccccc6-7)cc(-c6nc(-c7ccccc7)c7c(n6)-c6cccc8cccc-7c68)c5)ccc43)cc21. The minimum Gasteiger partial charge on any atom is -0.309 e. The van der Waals surface area contributed by atoms with Crippen LogP contribution in [-0.2, 0) is 10.8 Å². The summed E-state index contributed by atoms with van der Waals surface area (Å²) in [6, 6.07) is 94.8. The Kier molecular flexibility index (Phi) is 9.60. The monoisotopic (exact) mass is 1070 g/mol. The third kappa shape index (κ3) is 6.54. The molecule has 0 N–H and O–H groups in total. The summed E-state index contributed by atoms with van der Waals surface area (Å²) in [6.07, 6.45) is 0. The van der Waals surface area contributed by atoms with Gasteiger partial charge in [0.1, 0.15) is 0 Å². The van der Waals surface area contributed by atoms with Gasteiger partial charge in [-0.25, -0.2) is 9.97 Å². The zero-order valence-electron chi connectivity index (χ0n) is 47.0. The van der Waals surface area contributed by atoms with Gasteiger partial charge in [0, 0.05) is 66.0 Å². The lowest BCUT2D eigenvalue weighted by atomic mass is 9.82. The predicted molar refractivity (Wildman–Crippen MR) is 350 cm³/mol. The molecule has 0 unspecified atom stereocenters. The van der Waals surface area contributed by atoms with E-state index in [1.165, 1.54) is 116 Å². The molecule has 18 rings (SSSR count). The number of benzene rings is 12. The predicted octanol–water partition coefficient (Wildman–Crippen LogP) is 20.8. The first-order valence-electron chi connectivity index (χ1n) is 29.4. The fourth-order valence-corrected chi connectivity index (χ4v) is 15.2. The van der Waals surface area contributed by atoms with Crippen LogP contribution < -0.4 is 0 Å². The van der Waals surface area contributed by atoms with Crippen LogP contribution >= 0.6 is 0 Å². The molecule has 0 atom stereocenters. The van der Waals surface area contributed by atoms with Gasteiger partial charge in [-0.2, -0.15) is 0 Å². The molecule has 394 valence electrons. The number of hydrogen-bond acceptors (Lipinski definition) is 2. The lowest BCUT2D eigenvalue weighted by molar-refractivity contribution is 0.660. The zero-order chi connectivity index (χ0) is 55.7. The average molecular weight is 1070 g/mol. The van der Waals surface area contributed by atoms with Gasteiger partial charge in [-0.15, -0.1) is 0 Å². The van der Waals surface area contributed by atoms with Crippen LogP contribution in [-0.4, -0.2) is 19.1 Å². The van der Waals surface area contributed by atoms with E-state index in [2.05, 4.69) is 292 Å². The first-order chi connectivity index (χ1) is 41.2. The van der Waals surface area contributed by atoms with Gasteiger partial charge >= 0.3 is 0 Å². The normalized spacial score (nSPS) is 13.9. The molecule has 0 bridgehead atoms. The van der Waals surface area contributed by atoms with Crippen LogP contribution in [0.4, 0.5) is 0 Å². The molecule has 3 aromatic heterocycles. The molecule has 0 saturated carbocycles. The molecule has 12 aromatic carbocycles. The van der Waals surface area contributed by atoms with Gasteiger partial charge in [-0.3, -0.25) is 0 Å². The van der Waals surface area contributed by atoms with E-state index in [4.69, 9.17) is 9.97 Å². The van der Waals surface area contributed by atoms with Crippen LogP contribution in [0.2, 0.25) is 0 Å². The Bertz CT molecular complexity index is 5130. The van der Waals surface area contributed by atoms with E-state index in [1.807, 2.05) is 0 Å². The molecular weight excluding hydrogens is 1020 g/mol. The molecule has 3 aliphatic carbocycles. The van der Waals surface area contributed by atoms with Gasteiger partial charge in [-0.05, 0) is 162 Å². The highest BCUT2D eigenvalue weighted by atomic mass is 15.0. The molecule has 3 heterocycles. The summed E-state index contributed by atoms with van der Waals surface area (Å²) in [5.41, 5.74) is 29.4. The number of aromatic nitrogens is 4. The number of nitrogens with zero attached hydrogens (tertiary/aromatic N) is 4. The first kappa shape index (κ1) is 47.2. The fraction of sp³-hybridized carbons (Fsp3) is 0.0750. The summed E-state index contributed by atoms with van der Waals surface area (Å²) < 4.78 is 4.93. The van der Waals surface area contributed by atoms with Crippen LogP contribution in [0.1, 0.15) is 49.9 Å². The van der Waals surface area contributed by atoms with Gasteiger partial charge in [0.2, 0.25) is 0 Å². The average Bonchev–Trinajstić information content (AvgIpc) is 2.27. The van der Waals surface area contributed by atoms with Crippen molar-refractivity contribution in [1.82, 2.24) is 19.1 Å². The number of fused-ring (bicyclic) bond motifs is 15. The molecule has 15 aromatic rings. The van der Waals surface area contributed by atoms with E-state index < -0.39 is 0 Å². The van der Waals surface area contributed by atoms with Crippen molar-refractivity contribution in [2.45, 2.75) is 38.5 Å². The number of para-hydroxylation sites is 2. The minimum atomic E-state index is -0.118. The molecule has 0 saturated heterocycles. The fourth-order valence-electron chi connectivity index (χ4n) is 15.2. The van der Waals surface area contributed by atoms with E-state index in [0.29, 0.717) is 5.82 Å². The molecule has 0 amide bonds. The van der Waals surface area contributed by atoms with E-state index in [0.717, 1.165) is 55.9 Å². The maximum atomic E-state index is 5.66. The summed E-state index contributed by atoms with van der Waals surface area (Å²) in [5.74, 6) is 0.694. The standard InChI is InChI=1S/C80H54N4/c1-79(2)66-28-12-8-22-56(66)58-36-34-54(45-68(58)79)83-70-30-14-10-24-60(70)64-43-49(32-38-72(64)83)51-40-52(42-53(41-51)78-81-76(48-18-6-5-7-19-48)75-62-26-16-20-47-21-17-27-63(74(47)62)77(75)82-78)50-33-39-73-65(44-50)61-25-11-15-31-71(61)84(73)55-35-37-59-57-23-9-13-29-67(57)80(3,4)69(59)46-55/h5-46H,1-4H3. The van der Waals surface area contributed by atoms with Crippen molar-refractivity contribution in [3.05, 3.63) is 277 Å². The Balaban J connectivity index is 0.842.